The van der Waals surface area contributed by atoms with Gasteiger partial charge in [-0.15, -0.1) is 0 Å². The van der Waals surface area contributed by atoms with Crippen molar-refractivity contribution in [1.82, 2.24) is 15.4 Å². The lowest BCUT2D eigenvalue weighted by atomic mass is 10.2. The van der Waals surface area contributed by atoms with E-state index in [2.05, 4.69) is 10.9 Å². The first kappa shape index (κ1) is 16.8. The molecule has 2 amide bonds. The maximum atomic E-state index is 11.9. The number of carbonyl (C=O) groups excluding carboxylic acids is 2. The van der Waals surface area contributed by atoms with Crippen LogP contribution in [0.2, 0.25) is 5.02 Å². The topological polar surface area (TPSA) is 93.3 Å². The van der Waals surface area contributed by atoms with Gasteiger partial charge < -0.3 is 4.42 Å². The lowest BCUT2D eigenvalue weighted by Gasteiger charge is -2.07. The van der Waals surface area contributed by atoms with Crippen molar-refractivity contribution < 1.29 is 14.0 Å². The molecule has 128 valence electrons. The van der Waals surface area contributed by atoms with Crippen molar-refractivity contribution >= 4 is 34.5 Å². The summed E-state index contributed by atoms with van der Waals surface area (Å²) in [6, 6.07) is 13.2. The van der Waals surface area contributed by atoms with Crippen molar-refractivity contribution in [2.45, 2.75) is 13.0 Å². The van der Waals surface area contributed by atoms with Crippen LogP contribution in [0.5, 0.6) is 0 Å². The molecular formula is C17H14ClN3O4. The first-order chi connectivity index (χ1) is 12.0. The normalized spacial score (nSPS) is 10.6. The van der Waals surface area contributed by atoms with Crippen molar-refractivity contribution in [3.63, 3.8) is 0 Å². The van der Waals surface area contributed by atoms with E-state index in [0.29, 0.717) is 21.7 Å². The number of halogens is 1. The van der Waals surface area contributed by atoms with E-state index in [-0.39, 0.29) is 13.0 Å². The zero-order valence-corrected chi connectivity index (χ0v) is 13.7. The number of fused-ring (bicyclic) bond motifs is 1. The predicted octanol–water partition coefficient (Wildman–Crippen LogP) is 2.10. The van der Waals surface area contributed by atoms with Gasteiger partial charge in [-0.3, -0.25) is 25.0 Å². The molecule has 0 saturated carbocycles. The standard InChI is InChI=1S/C17H14ClN3O4/c18-12-7-5-11(6-8-12)16(23)20-19-15(22)9-10-21-13-3-1-2-4-14(13)25-17(21)24/h1-8H,9-10H2,(H,19,22)(H,20,23). The summed E-state index contributed by atoms with van der Waals surface area (Å²) in [6.45, 7) is 0.137. The van der Waals surface area contributed by atoms with E-state index in [1.165, 1.54) is 4.57 Å². The first-order valence-electron chi connectivity index (χ1n) is 7.48. The number of aryl methyl sites for hydroxylation is 1. The highest BCUT2D eigenvalue weighted by molar-refractivity contribution is 6.30. The molecule has 0 spiro atoms. The molecule has 7 nitrogen and oxygen atoms in total. The van der Waals surface area contributed by atoms with E-state index in [1.807, 2.05) is 0 Å². The minimum Gasteiger partial charge on any atom is -0.408 e. The maximum Gasteiger partial charge on any atom is 0.419 e. The molecule has 25 heavy (non-hydrogen) atoms. The van der Waals surface area contributed by atoms with Crippen molar-refractivity contribution in [1.29, 1.82) is 0 Å². The number of nitrogens with one attached hydrogen (secondary N) is 2. The molecule has 8 heteroatoms. The Morgan fingerprint density at radius 2 is 1.76 bits per heavy atom. The van der Waals surface area contributed by atoms with Gasteiger partial charge in [0.1, 0.15) is 0 Å². The highest BCUT2D eigenvalue weighted by Crippen LogP contribution is 2.12. The molecule has 0 radical (unpaired) electrons. The van der Waals surface area contributed by atoms with Crippen molar-refractivity contribution in [3.8, 4) is 0 Å². The van der Waals surface area contributed by atoms with Crippen LogP contribution in [0.15, 0.2) is 57.7 Å². The third-order valence-electron chi connectivity index (χ3n) is 3.56. The summed E-state index contributed by atoms with van der Waals surface area (Å²) in [5.74, 6) is -1.42. The number of benzene rings is 2. The monoisotopic (exact) mass is 359 g/mol. The van der Waals surface area contributed by atoms with E-state index < -0.39 is 17.6 Å². The fourth-order valence-corrected chi connectivity index (χ4v) is 2.43. The van der Waals surface area contributed by atoms with E-state index in [0.717, 1.165) is 0 Å². The molecule has 0 atom stereocenters. The summed E-state index contributed by atoms with van der Waals surface area (Å²) >= 11 is 5.75. The number of aromatic nitrogens is 1. The fraction of sp³-hybridized carbons (Fsp3) is 0.118. The Kier molecular flexibility index (Phi) is 4.85. The number of carbonyl (C=O) groups is 2. The molecule has 2 N–H and O–H groups in total. The van der Waals surface area contributed by atoms with Gasteiger partial charge in [-0.2, -0.15) is 0 Å². The van der Waals surface area contributed by atoms with Gasteiger partial charge in [0.2, 0.25) is 5.91 Å². The predicted molar refractivity (Wildman–Crippen MR) is 92.2 cm³/mol. The number of para-hydroxylation sites is 2. The molecule has 1 heterocycles. The molecule has 0 fully saturated rings. The lowest BCUT2D eigenvalue weighted by Crippen LogP contribution is -2.42. The Balaban J connectivity index is 1.56. The molecule has 3 aromatic rings. The molecule has 3 rings (SSSR count). The number of hydrogen-bond donors (Lipinski definition) is 2. The molecular weight excluding hydrogens is 346 g/mol. The van der Waals surface area contributed by atoms with E-state index in [9.17, 15) is 14.4 Å². The van der Waals surface area contributed by atoms with Crippen LogP contribution < -0.4 is 16.6 Å². The minimum absolute atomic E-state index is 0.00430. The maximum absolute atomic E-state index is 11.9. The summed E-state index contributed by atoms with van der Waals surface area (Å²) in [6.07, 6.45) is 0.00430. The molecule has 0 unspecified atom stereocenters. The molecule has 2 aromatic carbocycles. The summed E-state index contributed by atoms with van der Waals surface area (Å²) in [5, 5.41) is 0.512. The van der Waals surface area contributed by atoms with Gasteiger partial charge in [0, 0.05) is 23.6 Å². The third kappa shape index (κ3) is 3.89. The van der Waals surface area contributed by atoms with E-state index in [4.69, 9.17) is 16.0 Å². The van der Waals surface area contributed by atoms with Crippen LogP contribution in [-0.4, -0.2) is 16.4 Å². The number of rotatable bonds is 4. The smallest absolute Gasteiger partial charge is 0.408 e. The van der Waals surface area contributed by atoms with Crippen molar-refractivity contribution in [2.75, 3.05) is 0 Å². The Morgan fingerprint density at radius 3 is 2.52 bits per heavy atom. The number of nitrogens with zero attached hydrogens (tertiary/aromatic N) is 1. The molecule has 0 saturated heterocycles. The van der Waals surface area contributed by atoms with Crippen molar-refractivity contribution in [3.05, 3.63) is 69.7 Å². The zero-order chi connectivity index (χ0) is 17.8. The highest BCUT2D eigenvalue weighted by Gasteiger charge is 2.11. The molecule has 1 aromatic heterocycles. The van der Waals surface area contributed by atoms with Crippen LogP contribution in [0.1, 0.15) is 16.8 Å². The average molecular weight is 360 g/mol. The van der Waals surface area contributed by atoms with Crippen LogP contribution in [0.3, 0.4) is 0 Å². The fourth-order valence-electron chi connectivity index (χ4n) is 2.30. The molecule has 0 aliphatic carbocycles. The quantitative estimate of drug-likeness (QED) is 0.697. The zero-order valence-electron chi connectivity index (χ0n) is 13.0. The number of hydrazine groups is 1. The lowest BCUT2D eigenvalue weighted by molar-refractivity contribution is -0.122. The second-order valence-electron chi connectivity index (χ2n) is 5.25. The number of hydrogen-bond acceptors (Lipinski definition) is 4. The summed E-state index contributed by atoms with van der Waals surface area (Å²) in [5.41, 5.74) is 6.06. The molecule has 0 aliphatic heterocycles. The highest BCUT2D eigenvalue weighted by atomic mass is 35.5. The number of oxazole rings is 1. The number of amides is 2. The van der Waals surface area contributed by atoms with Crippen molar-refractivity contribution in [2.24, 2.45) is 0 Å². The average Bonchev–Trinajstić information content (AvgIpc) is 2.93. The summed E-state index contributed by atoms with van der Waals surface area (Å²) < 4.78 is 6.46. The Labute approximate surface area is 147 Å². The van der Waals surface area contributed by atoms with Gasteiger partial charge in [0.25, 0.3) is 5.91 Å². The van der Waals surface area contributed by atoms with E-state index in [1.54, 1.807) is 48.5 Å². The van der Waals surface area contributed by atoms with Gasteiger partial charge in [-0.25, -0.2) is 4.79 Å². The van der Waals surface area contributed by atoms with Gasteiger partial charge in [0.15, 0.2) is 5.58 Å². The second kappa shape index (κ2) is 7.23. The first-order valence-corrected chi connectivity index (χ1v) is 7.85. The Bertz CT molecular complexity index is 975. The van der Waals surface area contributed by atoms with Gasteiger partial charge in [0.05, 0.1) is 5.52 Å². The SMILES string of the molecule is O=C(CCn1c(=O)oc2ccccc21)NNC(=O)c1ccc(Cl)cc1. The minimum atomic E-state index is -0.529. The van der Waals surface area contributed by atoms with Crippen LogP contribution in [0.25, 0.3) is 11.1 Å². The molecule has 0 bridgehead atoms. The summed E-state index contributed by atoms with van der Waals surface area (Å²) in [7, 11) is 0. The van der Waals surface area contributed by atoms with E-state index >= 15 is 0 Å². The van der Waals surface area contributed by atoms with Gasteiger partial charge in [-0.05, 0) is 36.4 Å². The second-order valence-corrected chi connectivity index (χ2v) is 5.68. The molecule has 0 aliphatic rings. The largest absolute Gasteiger partial charge is 0.419 e. The van der Waals surface area contributed by atoms with Gasteiger partial charge >= 0.3 is 5.76 Å². The van der Waals surface area contributed by atoms with Crippen LogP contribution in [0.4, 0.5) is 0 Å². The van der Waals surface area contributed by atoms with Gasteiger partial charge in [-0.1, -0.05) is 23.7 Å². The van der Waals surface area contributed by atoms with Crippen LogP contribution in [0, 0.1) is 0 Å². The third-order valence-corrected chi connectivity index (χ3v) is 3.81. The van der Waals surface area contributed by atoms with Crippen LogP contribution in [-0.2, 0) is 11.3 Å². The van der Waals surface area contributed by atoms with Crippen LogP contribution >= 0.6 is 11.6 Å². The summed E-state index contributed by atoms with van der Waals surface area (Å²) in [4.78, 5) is 35.6. The Morgan fingerprint density at radius 1 is 1.04 bits per heavy atom. The Hall–Kier alpha value is -3.06.